The molecule has 0 unspecified atom stereocenters. The topological polar surface area (TPSA) is 37.8 Å². The summed E-state index contributed by atoms with van der Waals surface area (Å²) in [5, 5.41) is 3.35. The molecule has 0 radical (unpaired) electrons. The number of aryl methyl sites for hydroxylation is 2. The van der Waals surface area contributed by atoms with Crippen molar-refractivity contribution in [2.24, 2.45) is 5.41 Å². The van der Waals surface area contributed by atoms with Crippen LogP contribution in [0.2, 0.25) is 0 Å². The SMILES string of the molecule is CCc1cc(NCC(C)(C)C)nc(C)n1. The molecule has 0 aliphatic heterocycles. The molecule has 1 rings (SSSR count). The van der Waals surface area contributed by atoms with E-state index in [0.717, 1.165) is 30.3 Å². The molecule has 1 N–H and O–H groups in total. The van der Waals surface area contributed by atoms with Crippen LogP contribution < -0.4 is 5.32 Å². The van der Waals surface area contributed by atoms with Gasteiger partial charge in [-0.2, -0.15) is 0 Å². The van der Waals surface area contributed by atoms with Crippen LogP contribution in [0, 0.1) is 12.3 Å². The van der Waals surface area contributed by atoms with Crippen molar-refractivity contribution in [2.75, 3.05) is 11.9 Å². The van der Waals surface area contributed by atoms with E-state index < -0.39 is 0 Å². The first-order valence-corrected chi connectivity index (χ1v) is 5.49. The van der Waals surface area contributed by atoms with Crippen molar-refractivity contribution < 1.29 is 0 Å². The predicted octanol–water partition coefficient (Wildman–Crippen LogP) is 2.81. The standard InChI is InChI=1S/C12H21N3/c1-6-10-7-11(15-9(2)14-10)13-8-12(3,4)5/h7H,6,8H2,1-5H3,(H,13,14,15). The first-order chi connectivity index (χ1) is 6.90. The lowest BCUT2D eigenvalue weighted by molar-refractivity contribution is 0.442. The summed E-state index contributed by atoms with van der Waals surface area (Å²) in [5.74, 6) is 1.78. The number of anilines is 1. The number of hydrogen-bond donors (Lipinski definition) is 1. The third kappa shape index (κ3) is 4.28. The van der Waals surface area contributed by atoms with Gasteiger partial charge in [-0.1, -0.05) is 27.7 Å². The Morgan fingerprint density at radius 1 is 1.27 bits per heavy atom. The molecule has 0 aromatic carbocycles. The molecule has 84 valence electrons. The minimum atomic E-state index is 0.269. The number of hydrogen-bond acceptors (Lipinski definition) is 3. The highest BCUT2D eigenvalue weighted by Gasteiger charge is 2.10. The van der Waals surface area contributed by atoms with Crippen molar-refractivity contribution in [3.05, 3.63) is 17.6 Å². The number of aromatic nitrogens is 2. The van der Waals surface area contributed by atoms with Crippen LogP contribution in [0.15, 0.2) is 6.07 Å². The zero-order valence-corrected chi connectivity index (χ0v) is 10.4. The van der Waals surface area contributed by atoms with E-state index in [0.29, 0.717) is 0 Å². The molecule has 3 heteroatoms. The van der Waals surface area contributed by atoms with E-state index in [1.54, 1.807) is 0 Å². The van der Waals surface area contributed by atoms with Gasteiger partial charge in [0.1, 0.15) is 11.6 Å². The van der Waals surface area contributed by atoms with Gasteiger partial charge in [0.15, 0.2) is 0 Å². The Labute approximate surface area is 92.3 Å². The molecule has 0 spiro atoms. The largest absolute Gasteiger partial charge is 0.369 e. The summed E-state index contributed by atoms with van der Waals surface area (Å²) in [5.41, 5.74) is 1.37. The molecule has 3 nitrogen and oxygen atoms in total. The maximum absolute atomic E-state index is 4.36. The van der Waals surface area contributed by atoms with E-state index >= 15 is 0 Å². The molecule has 0 amide bonds. The Morgan fingerprint density at radius 2 is 1.93 bits per heavy atom. The fraction of sp³-hybridized carbons (Fsp3) is 0.667. The van der Waals surface area contributed by atoms with Gasteiger partial charge in [-0.15, -0.1) is 0 Å². The van der Waals surface area contributed by atoms with Gasteiger partial charge < -0.3 is 5.32 Å². The highest BCUT2D eigenvalue weighted by Crippen LogP contribution is 2.14. The second-order valence-corrected chi connectivity index (χ2v) is 5.06. The summed E-state index contributed by atoms with van der Waals surface area (Å²) in [6.07, 6.45) is 0.952. The van der Waals surface area contributed by atoms with Crippen molar-refractivity contribution in [1.29, 1.82) is 0 Å². The average molecular weight is 207 g/mol. The van der Waals surface area contributed by atoms with Gasteiger partial charge in [-0.25, -0.2) is 9.97 Å². The van der Waals surface area contributed by atoms with Gasteiger partial charge in [-0.05, 0) is 18.8 Å². The van der Waals surface area contributed by atoms with Gasteiger partial charge in [0.25, 0.3) is 0 Å². The molecule has 1 heterocycles. The Balaban J connectivity index is 2.73. The maximum atomic E-state index is 4.36. The Kier molecular flexibility index (Phi) is 3.66. The summed E-state index contributed by atoms with van der Waals surface area (Å²) in [6.45, 7) is 11.6. The lowest BCUT2D eigenvalue weighted by atomic mass is 9.97. The summed E-state index contributed by atoms with van der Waals surface area (Å²) in [4.78, 5) is 8.71. The second kappa shape index (κ2) is 4.60. The van der Waals surface area contributed by atoms with Crippen LogP contribution in [0.4, 0.5) is 5.82 Å². The average Bonchev–Trinajstić information content (AvgIpc) is 2.13. The molecule has 0 atom stereocenters. The first kappa shape index (κ1) is 12.0. The Morgan fingerprint density at radius 3 is 2.47 bits per heavy atom. The smallest absolute Gasteiger partial charge is 0.129 e. The number of nitrogens with one attached hydrogen (secondary N) is 1. The first-order valence-electron chi connectivity index (χ1n) is 5.49. The molecule has 0 aliphatic carbocycles. The van der Waals surface area contributed by atoms with Crippen LogP contribution in [0.3, 0.4) is 0 Å². The maximum Gasteiger partial charge on any atom is 0.129 e. The summed E-state index contributed by atoms with van der Waals surface area (Å²) >= 11 is 0. The fourth-order valence-corrected chi connectivity index (χ4v) is 1.26. The molecular formula is C12H21N3. The zero-order valence-electron chi connectivity index (χ0n) is 10.4. The van der Waals surface area contributed by atoms with E-state index in [-0.39, 0.29) is 5.41 Å². The van der Waals surface area contributed by atoms with Crippen molar-refractivity contribution in [3.8, 4) is 0 Å². The van der Waals surface area contributed by atoms with Gasteiger partial charge >= 0.3 is 0 Å². The number of rotatable bonds is 3. The molecule has 1 aromatic heterocycles. The molecule has 0 saturated carbocycles. The van der Waals surface area contributed by atoms with Crippen molar-refractivity contribution in [2.45, 2.75) is 41.0 Å². The van der Waals surface area contributed by atoms with Gasteiger partial charge in [-0.3, -0.25) is 0 Å². The summed E-state index contributed by atoms with van der Waals surface area (Å²) < 4.78 is 0. The van der Waals surface area contributed by atoms with Crippen LogP contribution in [0.1, 0.15) is 39.2 Å². The Hall–Kier alpha value is -1.12. The van der Waals surface area contributed by atoms with E-state index in [9.17, 15) is 0 Å². The quantitative estimate of drug-likeness (QED) is 0.828. The van der Waals surface area contributed by atoms with Gasteiger partial charge in [0, 0.05) is 18.3 Å². The zero-order chi connectivity index (χ0) is 11.5. The van der Waals surface area contributed by atoms with E-state index in [2.05, 4.69) is 43.0 Å². The van der Waals surface area contributed by atoms with Gasteiger partial charge in [0.05, 0.1) is 0 Å². The lowest BCUT2D eigenvalue weighted by Gasteiger charge is -2.19. The summed E-state index contributed by atoms with van der Waals surface area (Å²) in [7, 11) is 0. The third-order valence-electron chi connectivity index (χ3n) is 2.05. The molecule has 15 heavy (non-hydrogen) atoms. The van der Waals surface area contributed by atoms with Crippen molar-refractivity contribution >= 4 is 5.82 Å². The van der Waals surface area contributed by atoms with E-state index in [4.69, 9.17) is 0 Å². The summed E-state index contributed by atoms with van der Waals surface area (Å²) in [6, 6.07) is 2.03. The second-order valence-electron chi connectivity index (χ2n) is 5.06. The molecule has 0 bridgehead atoms. The predicted molar refractivity (Wildman–Crippen MR) is 64.1 cm³/mol. The normalized spacial score (nSPS) is 11.5. The number of nitrogens with zero attached hydrogens (tertiary/aromatic N) is 2. The monoisotopic (exact) mass is 207 g/mol. The van der Waals surface area contributed by atoms with Crippen molar-refractivity contribution in [3.63, 3.8) is 0 Å². The van der Waals surface area contributed by atoms with Crippen LogP contribution in [-0.2, 0) is 6.42 Å². The molecular weight excluding hydrogens is 186 g/mol. The van der Waals surface area contributed by atoms with Crippen LogP contribution in [0.5, 0.6) is 0 Å². The Bertz CT molecular complexity index is 326. The molecule has 0 fully saturated rings. The van der Waals surface area contributed by atoms with Crippen LogP contribution >= 0.6 is 0 Å². The van der Waals surface area contributed by atoms with Crippen molar-refractivity contribution in [1.82, 2.24) is 9.97 Å². The van der Waals surface area contributed by atoms with Gasteiger partial charge in [0.2, 0.25) is 0 Å². The molecule has 0 saturated heterocycles. The van der Waals surface area contributed by atoms with E-state index in [1.165, 1.54) is 0 Å². The minimum Gasteiger partial charge on any atom is -0.369 e. The highest BCUT2D eigenvalue weighted by atomic mass is 15.0. The molecule has 1 aromatic rings. The van der Waals surface area contributed by atoms with Crippen LogP contribution in [-0.4, -0.2) is 16.5 Å². The van der Waals surface area contributed by atoms with Crippen LogP contribution in [0.25, 0.3) is 0 Å². The van der Waals surface area contributed by atoms with E-state index in [1.807, 2.05) is 13.0 Å². The third-order valence-corrected chi connectivity index (χ3v) is 2.05. The minimum absolute atomic E-state index is 0.269. The highest BCUT2D eigenvalue weighted by molar-refractivity contribution is 5.36. The lowest BCUT2D eigenvalue weighted by Crippen LogP contribution is -2.20. The fourth-order valence-electron chi connectivity index (χ4n) is 1.26. The molecule has 0 aliphatic rings.